The van der Waals surface area contributed by atoms with Crippen LogP contribution in [0.25, 0.3) is 11.3 Å². The second-order valence-electron chi connectivity index (χ2n) is 7.87. The molecule has 2 aromatic carbocycles. The summed E-state index contributed by atoms with van der Waals surface area (Å²) >= 11 is 0. The van der Waals surface area contributed by atoms with Gasteiger partial charge < -0.3 is 14.7 Å². The van der Waals surface area contributed by atoms with Gasteiger partial charge in [0.1, 0.15) is 11.5 Å². The molecular formula is C24H25N3O3. The largest absolute Gasteiger partial charge is 0.361 e. The third-order valence-electron chi connectivity index (χ3n) is 5.86. The minimum Gasteiger partial charge on any atom is -0.361 e. The Morgan fingerprint density at radius 2 is 1.87 bits per heavy atom. The molecule has 0 radical (unpaired) electrons. The molecule has 6 nitrogen and oxygen atoms in total. The molecule has 1 aromatic heterocycles. The number of aryl methyl sites for hydroxylation is 1. The van der Waals surface area contributed by atoms with Gasteiger partial charge in [-0.25, -0.2) is 0 Å². The fraction of sp³-hybridized carbons (Fsp3) is 0.292. The zero-order chi connectivity index (χ0) is 21.1. The van der Waals surface area contributed by atoms with E-state index in [9.17, 15) is 9.59 Å². The number of benzene rings is 2. The average Bonchev–Trinajstić information content (AvgIpc) is 3.42. The van der Waals surface area contributed by atoms with Crippen LogP contribution in [0.3, 0.4) is 0 Å². The average molecular weight is 403 g/mol. The number of nitrogens with zero attached hydrogens (tertiary/aromatic N) is 2. The number of hydrogen-bond donors (Lipinski definition) is 1. The summed E-state index contributed by atoms with van der Waals surface area (Å²) in [4.78, 5) is 27.5. The predicted molar refractivity (Wildman–Crippen MR) is 114 cm³/mol. The minimum absolute atomic E-state index is 0.0560. The first kappa shape index (κ1) is 19.9. The van der Waals surface area contributed by atoms with E-state index in [1.54, 1.807) is 24.1 Å². The van der Waals surface area contributed by atoms with Crippen molar-refractivity contribution in [3.8, 4) is 11.3 Å². The highest BCUT2D eigenvalue weighted by molar-refractivity contribution is 5.95. The highest BCUT2D eigenvalue weighted by atomic mass is 16.5. The van der Waals surface area contributed by atoms with Crippen molar-refractivity contribution in [1.29, 1.82) is 0 Å². The lowest BCUT2D eigenvalue weighted by Gasteiger charge is -2.26. The summed E-state index contributed by atoms with van der Waals surface area (Å²) in [6, 6.07) is 19.0. The van der Waals surface area contributed by atoms with Crippen molar-refractivity contribution in [1.82, 2.24) is 15.4 Å². The molecule has 30 heavy (non-hydrogen) atoms. The van der Waals surface area contributed by atoms with Crippen LogP contribution < -0.4 is 5.32 Å². The van der Waals surface area contributed by atoms with Gasteiger partial charge in [0.15, 0.2) is 0 Å². The number of carbonyl (C=O) groups excluding carboxylic acids is 2. The van der Waals surface area contributed by atoms with E-state index in [1.165, 1.54) is 0 Å². The van der Waals surface area contributed by atoms with Crippen molar-refractivity contribution in [3.63, 3.8) is 0 Å². The van der Waals surface area contributed by atoms with Gasteiger partial charge >= 0.3 is 0 Å². The Labute approximate surface area is 175 Å². The van der Waals surface area contributed by atoms with Gasteiger partial charge in [-0.05, 0) is 31.0 Å². The Morgan fingerprint density at radius 1 is 1.13 bits per heavy atom. The van der Waals surface area contributed by atoms with Gasteiger partial charge in [0.25, 0.3) is 5.91 Å². The Hall–Kier alpha value is -3.41. The number of aromatic nitrogens is 1. The molecule has 0 saturated carbocycles. The smallest absolute Gasteiger partial charge is 0.253 e. The summed E-state index contributed by atoms with van der Waals surface area (Å²) in [6.07, 6.45) is 0.968. The maximum atomic E-state index is 12.9. The van der Waals surface area contributed by atoms with Crippen LogP contribution in [-0.2, 0) is 11.2 Å². The summed E-state index contributed by atoms with van der Waals surface area (Å²) < 4.78 is 5.60. The lowest BCUT2D eigenvalue weighted by atomic mass is 9.81. The number of amides is 2. The molecule has 0 unspecified atom stereocenters. The number of carbonyl (C=O) groups is 2. The maximum Gasteiger partial charge on any atom is 0.253 e. The van der Waals surface area contributed by atoms with E-state index in [0.717, 1.165) is 16.8 Å². The molecule has 1 saturated heterocycles. The predicted octanol–water partition coefficient (Wildman–Crippen LogP) is 3.47. The summed E-state index contributed by atoms with van der Waals surface area (Å²) in [7, 11) is 1.63. The molecule has 4 rings (SSSR count). The van der Waals surface area contributed by atoms with E-state index in [0.29, 0.717) is 37.3 Å². The van der Waals surface area contributed by atoms with E-state index in [2.05, 4.69) is 10.5 Å². The lowest BCUT2D eigenvalue weighted by molar-refractivity contribution is -0.130. The quantitative estimate of drug-likeness (QED) is 0.708. The molecule has 1 aliphatic heterocycles. The van der Waals surface area contributed by atoms with Gasteiger partial charge in [-0.15, -0.1) is 0 Å². The summed E-state index contributed by atoms with van der Waals surface area (Å²) in [6.45, 7) is 2.90. The first-order chi connectivity index (χ1) is 14.5. The molecule has 0 aliphatic carbocycles. The van der Waals surface area contributed by atoms with Crippen molar-refractivity contribution in [2.45, 2.75) is 19.8 Å². The first-order valence-corrected chi connectivity index (χ1v) is 10.1. The summed E-state index contributed by atoms with van der Waals surface area (Å²) in [5, 5.41) is 7.00. The molecule has 2 heterocycles. The number of rotatable bonds is 5. The maximum absolute atomic E-state index is 12.9. The summed E-state index contributed by atoms with van der Waals surface area (Å²) in [5.41, 5.74) is 2.77. The molecule has 154 valence electrons. The van der Waals surface area contributed by atoms with Crippen LogP contribution in [0.15, 0.2) is 65.2 Å². The number of hydrogen-bond acceptors (Lipinski definition) is 4. The third kappa shape index (κ3) is 3.73. The lowest BCUT2D eigenvalue weighted by Crippen LogP contribution is -2.44. The Morgan fingerprint density at radius 3 is 2.60 bits per heavy atom. The summed E-state index contributed by atoms with van der Waals surface area (Å²) in [5.74, 6) is 0.505. The van der Waals surface area contributed by atoms with Gasteiger partial charge in [0, 0.05) is 43.8 Å². The van der Waals surface area contributed by atoms with E-state index in [4.69, 9.17) is 4.52 Å². The fourth-order valence-electron chi connectivity index (χ4n) is 4.20. The zero-order valence-electron chi connectivity index (χ0n) is 17.2. The second kappa shape index (κ2) is 8.14. The molecule has 6 heteroatoms. The number of likely N-dealkylation sites (tertiary alicyclic amines) is 1. The Bertz CT molecular complexity index is 1060. The molecule has 1 N–H and O–H groups in total. The van der Waals surface area contributed by atoms with Gasteiger partial charge in [0.05, 0.1) is 5.41 Å². The van der Waals surface area contributed by atoms with Crippen LogP contribution in [0.2, 0.25) is 0 Å². The zero-order valence-corrected chi connectivity index (χ0v) is 17.2. The molecule has 0 spiro atoms. The second-order valence-corrected chi connectivity index (χ2v) is 7.87. The first-order valence-electron chi connectivity index (χ1n) is 10.1. The highest BCUT2D eigenvalue weighted by Gasteiger charge is 2.46. The molecule has 1 aliphatic rings. The molecule has 3 aromatic rings. The molecule has 1 atom stereocenters. The van der Waals surface area contributed by atoms with Crippen molar-refractivity contribution >= 4 is 11.8 Å². The van der Waals surface area contributed by atoms with Crippen molar-refractivity contribution < 1.29 is 14.1 Å². The van der Waals surface area contributed by atoms with Crippen LogP contribution in [0, 0.1) is 12.3 Å². The molecule has 2 amide bonds. The van der Waals surface area contributed by atoms with Crippen molar-refractivity contribution in [2.24, 2.45) is 5.41 Å². The SMILES string of the molecule is CNC(=O)[C@@]1(Cc2cc(-c3ccccc3C)no2)CCN(C(=O)c2ccccc2)C1. The van der Waals surface area contributed by atoms with Crippen molar-refractivity contribution in [3.05, 3.63) is 77.6 Å². The van der Waals surface area contributed by atoms with Crippen LogP contribution in [0.1, 0.15) is 28.1 Å². The van der Waals surface area contributed by atoms with Crippen LogP contribution in [0.5, 0.6) is 0 Å². The molecule has 0 bridgehead atoms. The Kier molecular flexibility index (Phi) is 5.40. The van der Waals surface area contributed by atoms with Crippen LogP contribution in [-0.4, -0.2) is 42.0 Å². The highest BCUT2D eigenvalue weighted by Crippen LogP contribution is 2.36. The van der Waals surface area contributed by atoms with Gasteiger partial charge in [-0.2, -0.15) is 0 Å². The van der Waals surface area contributed by atoms with E-state index < -0.39 is 5.41 Å². The minimum atomic E-state index is -0.734. The normalized spacial score (nSPS) is 18.4. The molecular weight excluding hydrogens is 378 g/mol. The van der Waals surface area contributed by atoms with E-state index >= 15 is 0 Å². The fourth-order valence-corrected chi connectivity index (χ4v) is 4.20. The number of nitrogens with one attached hydrogen (secondary N) is 1. The van der Waals surface area contributed by atoms with Gasteiger partial charge in [-0.3, -0.25) is 9.59 Å². The van der Waals surface area contributed by atoms with Gasteiger partial charge in [0.2, 0.25) is 5.91 Å². The van der Waals surface area contributed by atoms with Crippen molar-refractivity contribution in [2.75, 3.05) is 20.1 Å². The molecule has 1 fully saturated rings. The third-order valence-corrected chi connectivity index (χ3v) is 5.86. The standard InChI is InChI=1S/C24H25N3O3/c1-17-8-6-7-11-20(17)21-14-19(30-26-21)15-24(23(29)25-2)12-13-27(16-24)22(28)18-9-4-3-5-10-18/h3-11,14H,12-13,15-16H2,1-2H3,(H,25,29)/t24-/m1/s1. The van der Waals surface area contributed by atoms with E-state index in [1.807, 2.05) is 55.5 Å². The topological polar surface area (TPSA) is 75.4 Å². The Balaban J connectivity index is 1.57. The van der Waals surface area contributed by atoms with Crippen LogP contribution >= 0.6 is 0 Å². The monoisotopic (exact) mass is 403 g/mol. The van der Waals surface area contributed by atoms with Crippen LogP contribution in [0.4, 0.5) is 0 Å². The van der Waals surface area contributed by atoms with E-state index in [-0.39, 0.29) is 11.8 Å². The van der Waals surface area contributed by atoms with Gasteiger partial charge in [-0.1, -0.05) is 47.6 Å².